The first-order chi connectivity index (χ1) is 10.8. The minimum absolute atomic E-state index is 0.0216. The van der Waals surface area contributed by atoms with Gasteiger partial charge in [-0.25, -0.2) is 0 Å². The first-order valence-electron chi connectivity index (χ1n) is 8.91. The van der Waals surface area contributed by atoms with Crippen LogP contribution >= 0.6 is 0 Å². The number of fused-ring (bicyclic) bond motifs is 1. The molecule has 0 heterocycles. The molecular weight excluding hydrogens is 284 g/mol. The second kappa shape index (κ2) is 5.58. The van der Waals surface area contributed by atoms with Crippen molar-refractivity contribution < 1.29 is 9.59 Å². The molecule has 0 aliphatic heterocycles. The van der Waals surface area contributed by atoms with Crippen LogP contribution in [0, 0.1) is 22.7 Å². The zero-order chi connectivity index (χ0) is 16.8. The molecule has 0 amide bonds. The van der Waals surface area contributed by atoms with Crippen LogP contribution in [0.2, 0.25) is 0 Å². The van der Waals surface area contributed by atoms with Gasteiger partial charge in [-0.05, 0) is 79.9 Å². The molecule has 0 bridgehead atoms. The van der Waals surface area contributed by atoms with E-state index in [4.69, 9.17) is 0 Å². The van der Waals surface area contributed by atoms with Gasteiger partial charge in [-0.3, -0.25) is 9.59 Å². The smallest absolute Gasteiger partial charge is 0.182 e. The van der Waals surface area contributed by atoms with E-state index >= 15 is 0 Å². The number of hydrogen-bond acceptors (Lipinski definition) is 2. The summed E-state index contributed by atoms with van der Waals surface area (Å²) >= 11 is 0. The van der Waals surface area contributed by atoms with Crippen molar-refractivity contribution in [1.29, 1.82) is 0 Å². The Morgan fingerprint density at radius 1 is 1.17 bits per heavy atom. The summed E-state index contributed by atoms with van der Waals surface area (Å²) < 4.78 is 0. The Kier molecular flexibility index (Phi) is 3.98. The van der Waals surface area contributed by atoms with Gasteiger partial charge in [0.2, 0.25) is 0 Å². The molecule has 0 aromatic rings. The van der Waals surface area contributed by atoms with Crippen LogP contribution in [0.15, 0.2) is 35.5 Å². The minimum atomic E-state index is -0.0471. The summed E-state index contributed by atoms with van der Waals surface area (Å²) in [5.41, 5.74) is 2.56. The van der Waals surface area contributed by atoms with E-state index in [0.717, 1.165) is 12.8 Å². The number of hydrogen-bond donors (Lipinski definition) is 0. The number of carbonyl (C=O) groups is 2. The van der Waals surface area contributed by atoms with Gasteiger partial charge in [-0.2, -0.15) is 0 Å². The summed E-state index contributed by atoms with van der Waals surface area (Å²) in [4.78, 5) is 24.0. The fraction of sp³-hybridized carbons (Fsp3) is 0.619. The molecule has 124 valence electrons. The third-order valence-electron chi connectivity index (χ3n) is 7.20. The van der Waals surface area contributed by atoms with Crippen LogP contribution in [-0.2, 0) is 9.59 Å². The second-order valence-corrected chi connectivity index (χ2v) is 8.33. The maximum atomic E-state index is 12.2. The topological polar surface area (TPSA) is 34.1 Å². The summed E-state index contributed by atoms with van der Waals surface area (Å²) in [6.45, 7) is 9.38. The third kappa shape index (κ3) is 2.56. The summed E-state index contributed by atoms with van der Waals surface area (Å²) in [5, 5.41) is 0. The average Bonchev–Trinajstić information content (AvgIpc) is 2.50. The number of ketones is 2. The van der Waals surface area contributed by atoms with Gasteiger partial charge in [-0.15, -0.1) is 0 Å². The van der Waals surface area contributed by atoms with Crippen molar-refractivity contribution in [2.24, 2.45) is 22.7 Å². The summed E-state index contributed by atoms with van der Waals surface area (Å²) in [7, 11) is 0. The van der Waals surface area contributed by atoms with Gasteiger partial charge in [0, 0.05) is 5.57 Å². The molecule has 1 fully saturated rings. The van der Waals surface area contributed by atoms with Gasteiger partial charge >= 0.3 is 0 Å². The van der Waals surface area contributed by atoms with E-state index in [1.54, 1.807) is 6.08 Å². The van der Waals surface area contributed by atoms with Gasteiger partial charge in [0.05, 0.1) is 0 Å². The zero-order valence-corrected chi connectivity index (χ0v) is 14.8. The van der Waals surface area contributed by atoms with Crippen molar-refractivity contribution in [2.75, 3.05) is 0 Å². The number of carbonyl (C=O) groups excluding carboxylic acids is 2. The largest absolute Gasteiger partial charge is 0.290 e. The summed E-state index contributed by atoms with van der Waals surface area (Å²) in [6, 6.07) is 0. The van der Waals surface area contributed by atoms with Gasteiger partial charge < -0.3 is 0 Å². The summed E-state index contributed by atoms with van der Waals surface area (Å²) in [5.74, 6) is 1.13. The standard InChI is InChI=1S/C21H28O2/c1-14-6-5-7-19-20(14,3)11-10-15(2)21(19,4)13-16-12-17(22)8-9-18(16)23/h6,8-9,12,15,19H,5,7,10-11,13H2,1-4H3/t15-,19+,20+,21+/m1/s1. The Balaban J connectivity index is 1.96. The zero-order valence-electron chi connectivity index (χ0n) is 14.8. The second-order valence-electron chi connectivity index (χ2n) is 8.33. The van der Waals surface area contributed by atoms with Crippen LogP contribution in [0.25, 0.3) is 0 Å². The van der Waals surface area contributed by atoms with E-state index in [1.165, 1.54) is 37.0 Å². The Hall–Kier alpha value is -1.44. The molecule has 0 aromatic carbocycles. The highest BCUT2D eigenvalue weighted by atomic mass is 16.1. The lowest BCUT2D eigenvalue weighted by molar-refractivity contribution is -0.115. The number of allylic oxidation sites excluding steroid dienone is 6. The molecule has 3 aliphatic carbocycles. The molecule has 1 saturated carbocycles. The molecule has 0 spiro atoms. The first kappa shape index (κ1) is 16.4. The molecule has 0 aromatic heterocycles. The average molecular weight is 312 g/mol. The van der Waals surface area contributed by atoms with Gasteiger partial charge in [-0.1, -0.05) is 32.4 Å². The molecule has 3 aliphatic rings. The Labute approximate surface area is 139 Å². The van der Waals surface area contributed by atoms with Crippen LogP contribution < -0.4 is 0 Å². The normalized spacial score (nSPS) is 40.5. The quantitative estimate of drug-likeness (QED) is 0.541. The molecule has 23 heavy (non-hydrogen) atoms. The SMILES string of the molecule is CC1=CCC[C@@H]2[C@@](C)(CC3=CC(=O)C=CC3=O)[C@H](C)CC[C@@]12C. The summed E-state index contributed by atoms with van der Waals surface area (Å²) in [6.07, 6.45) is 12.3. The predicted octanol–water partition coefficient (Wildman–Crippen LogP) is 4.81. The van der Waals surface area contributed by atoms with Gasteiger partial charge in [0.15, 0.2) is 11.6 Å². The van der Waals surface area contributed by atoms with Crippen molar-refractivity contribution in [3.8, 4) is 0 Å². The molecule has 3 rings (SSSR count). The van der Waals surface area contributed by atoms with E-state index in [9.17, 15) is 9.59 Å². The maximum absolute atomic E-state index is 12.2. The van der Waals surface area contributed by atoms with Crippen molar-refractivity contribution in [3.05, 3.63) is 35.5 Å². The van der Waals surface area contributed by atoms with Crippen LogP contribution in [0.4, 0.5) is 0 Å². The molecule has 0 radical (unpaired) electrons. The highest BCUT2D eigenvalue weighted by molar-refractivity contribution is 6.17. The maximum Gasteiger partial charge on any atom is 0.182 e. The van der Waals surface area contributed by atoms with E-state index in [0.29, 0.717) is 17.4 Å². The van der Waals surface area contributed by atoms with Crippen LogP contribution in [0.5, 0.6) is 0 Å². The first-order valence-corrected chi connectivity index (χ1v) is 8.91. The lowest BCUT2D eigenvalue weighted by Gasteiger charge is -2.58. The third-order valence-corrected chi connectivity index (χ3v) is 7.20. The highest BCUT2D eigenvalue weighted by Crippen LogP contribution is 2.62. The van der Waals surface area contributed by atoms with E-state index in [2.05, 4.69) is 33.8 Å². The molecule has 0 saturated heterocycles. The Morgan fingerprint density at radius 3 is 2.65 bits per heavy atom. The lowest BCUT2D eigenvalue weighted by Crippen LogP contribution is -2.50. The monoisotopic (exact) mass is 312 g/mol. The fourth-order valence-corrected chi connectivity index (χ4v) is 5.31. The van der Waals surface area contributed by atoms with E-state index in [1.807, 2.05) is 0 Å². The van der Waals surface area contributed by atoms with Crippen LogP contribution in [0.3, 0.4) is 0 Å². The molecule has 0 N–H and O–H groups in total. The lowest BCUT2D eigenvalue weighted by atomic mass is 9.46. The van der Waals surface area contributed by atoms with Crippen molar-refractivity contribution in [2.45, 2.75) is 59.8 Å². The highest BCUT2D eigenvalue weighted by Gasteiger charge is 2.53. The fourth-order valence-electron chi connectivity index (χ4n) is 5.31. The Bertz CT molecular complexity index is 636. The molecule has 2 heteroatoms. The predicted molar refractivity (Wildman–Crippen MR) is 92.9 cm³/mol. The molecule has 0 unspecified atom stereocenters. The number of rotatable bonds is 2. The minimum Gasteiger partial charge on any atom is -0.290 e. The van der Waals surface area contributed by atoms with Crippen molar-refractivity contribution in [3.63, 3.8) is 0 Å². The molecular formula is C21H28O2. The van der Waals surface area contributed by atoms with Crippen molar-refractivity contribution >= 4 is 11.6 Å². The molecule has 2 nitrogen and oxygen atoms in total. The van der Waals surface area contributed by atoms with E-state index < -0.39 is 0 Å². The van der Waals surface area contributed by atoms with Gasteiger partial charge in [0.25, 0.3) is 0 Å². The van der Waals surface area contributed by atoms with Crippen LogP contribution in [0.1, 0.15) is 59.8 Å². The van der Waals surface area contributed by atoms with Gasteiger partial charge in [0.1, 0.15) is 0 Å². The molecule has 4 atom stereocenters. The Morgan fingerprint density at radius 2 is 1.91 bits per heavy atom. The van der Waals surface area contributed by atoms with Crippen molar-refractivity contribution in [1.82, 2.24) is 0 Å². The van der Waals surface area contributed by atoms with Crippen LogP contribution in [-0.4, -0.2) is 11.6 Å². The van der Waals surface area contributed by atoms with E-state index in [-0.39, 0.29) is 22.4 Å².